The minimum atomic E-state index is -0.731. The van der Waals surface area contributed by atoms with Crippen LogP contribution in [0.1, 0.15) is 28.4 Å². The van der Waals surface area contributed by atoms with Crippen LogP contribution in [0.2, 0.25) is 5.02 Å². The average molecular weight is 307 g/mol. The van der Waals surface area contributed by atoms with E-state index >= 15 is 0 Å². The summed E-state index contributed by atoms with van der Waals surface area (Å²) >= 11 is 6.04. The number of carbonyl (C=O) groups is 1. The predicted molar refractivity (Wildman–Crippen MR) is 76.7 cm³/mol. The molecule has 0 saturated carbocycles. The molecule has 5 heteroatoms. The number of hydrogen-bond donors (Lipinski definition) is 0. The Hall–Kier alpha value is -2.07. The molecule has 3 rings (SSSR count). The number of hydrogen-bond acceptors (Lipinski definition) is 3. The van der Waals surface area contributed by atoms with Crippen molar-refractivity contribution in [2.75, 3.05) is 7.11 Å². The van der Waals surface area contributed by atoms with Crippen LogP contribution in [0, 0.1) is 5.82 Å². The SMILES string of the molecule is COc1ccc2c(c1)OC(c1c(F)cccc1Cl)CC2=O. The van der Waals surface area contributed by atoms with Gasteiger partial charge in [-0.25, -0.2) is 4.39 Å². The van der Waals surface area contributed by atoms with Crippen molar-refractivity contribution in [1.82, 2.24) is 0 Å². The fourth-order valence-electron chi connectivity index (χ4n) is 2.41. The van der Waals surface area contributed by atoms with E-state index in [0.29, 0.717) is 17.1 Å². The predicted octanol–water partition coefficient (Wildman–Crippen LogP) is 4.19. The molecule has 2 aromatic rings. The van der Waals surface area contributed by atoms with Crippen molar-refractivity contribution < 1.29 is 18.7 Å². The van der Waals surface area contributed by atoms with Crippen LogP contribution in [0.25, 0.3) is 0 Å². The van der Waals surface area contributed by atoms with Crippen molar-refractivity contribution in [3.63, 3.8) is 0 Å². The molecular formula is C16H12ClFO3. The van der Waals surface area contributed by atoms with Crippen molar-refractivity contribution in [2.45, 2.75) is 12.5 Å². The van der Waals surface area contributed by atoms with Crippen LogP contribution in [0.3, 0.4) is 0 Å². The van der Waals surface area contributed by atoms with Gasteiger partial charge in [0, 0.05) is 11.6 Å². The lowest BCUT2D eigenvalue weighted by Gasteiger charge is -2.26. The van der Waals surface area contributed by atoms with E-state index in [4.69, 9.17) is 21.1 Å². The van der Waals surface area contributed by atoms with Crippen molar-refractivity contribution in [1.29, 1.82) is 0 Å². The Morgan fingerprint density at radius 3 is 2.86 bits per heavy atom. The van der Waals surface area contributed by atoms with Gasteiger partial charge in [-0.05, 0) is 24.3 Å². The molecule has 1 atom stereocenters. The molecule has 0 spiro atoms. The Kier molecular flexibility index (Phi) is 3.55. The van der Waals surface area contributed by atoms with E-state index in [1.165, 1.54) is 19.2 Å². The zero-order chi connectivity index (χ0) is 15.0. The van der Waals surface area contributed by atoms with E-state index in [-0.39, 0.29) is 22.8 Å². The molecule has 0 N–H and O–H groups in total. The third kappa shape index (κ3) is 2.47. The van der Waals surface area contributed by atoms with Gasteiger partial charge in [-0.2, -0.15) is 0 Å². The Balaban J connectivity index is 2.03. The summed E-state index contributed by atoms with van der Waals surface area (Å²) in [6.45, 7) is 0. The molecule has 0 amide bonds. The molecule has 0 radical (unpaired) electrons. The fourth-order valence-corrected chi connectivity index (χ4v) is 2.69. The number of halogens is 2. The van der Waals surface area contributed by atoms with Gasteiger partial charge in [0.05, 0.1) is 24.1 Å². The normalized spacial score (nSPS) is 17.1. The molecule has 1 aliphatic heterocycles. The number of ether oxygens (including phenoxy) is 2. The number of ketones is 1. The van der Waals surface area contributed by atoms with Crippen LogP contribution in [0.4, 0.5) is 4.39 Å². The Bertz CT molecular complexity index is 694. The van der Waals surface area contributed by atoms with Crippen molar-refractivity contribution in [3.8, 4) is 11.5 Å². The van der Waals surface area contributed by atoms with E-state index < -0.39 is 11.9 Å². The van der Waals surface area contributed by atoms with E-state index in [2.05, 4.69) is 0 Å². The number of benzene rings is 2. The minimum Gasteiger partial charge on any atom is -0.497 e. The highest BCUT2D eigenvalue weighted by molar-refractivity contribution is 6.31. The summed E-state index contributed by atoms with van der Waals surface area (Å²) in [6.07, 6.45) is -0.675. The second kappa shape index (κ2) is 5.37. The van der Waals surface area contributed by atoms with Crippen LogP contribution in [0.5, 0.6) is 11.5 Å². The standard InChI is InChI=1S/C16H12ClFO3/c1-20-9-5-6-10-13(19)8-15(21-14(10)7-9)16-11(17)3-2-4-12(16)18/h2-7,15H,8H2,1H3. The molecule has 1 heterocycles. The lowest BCUT2D eigenvalue weighted by Crippen LogP contribution is -2.21. The van der Waals surface area contributed by atoms with Crippen LogP contribution in [-0.2, 0) is 0 Å². The summed E-state index contributed by atoms with van der Waals surface area (Å²) in [5.41, 5.74) is 0.681. The molecule has 2 aromatic carbocycles. The molecule has 0 aromatic heterocycles. The van der Waals surface area contributed by atoms with E-state index in [9.17, 15) is 9.18 Å². The highest BCUT2D eigenvalue weighted by Gasteiger charge is 2.31. The van der Waals surface area contributed by atoms with Gasteiger partial charge in [0.25, 0.3) is 0 Å². The summed E-state index contributed by atoms with van der Waals surface area (Å²) in [7, 11) is 1.53. The zero-order valence-corrected chi connectivity index (χ0v) is 12.0. The van der Waals surface area contributed by atoms with Crippen LogP contribution < -0.4 is 9.47 Å². The molecule has 0 fully saturated rings. The topological polar surface area (TPSA) is 35.5 Å². The fraction of sp³-hybridized carbons (Fsp3) is 0.188. The smallest absolute Gasteiger partial charge is 0.170 e. The summed E-state index contributed by atoms with van der Waals surface area (Å²) in [4.78, 5) is 12.2. The molecule has 21 heavy (non-hydrogen) atoms. The second-order valence-electron chi connectivity index (χ2n) is 4.73. The maximum absolute atomic E-state index is 14.0. The van der Waals surface area contributed by atoms with Gasteiger partial charge in [-0.15, -0.1) is 0 Å². The molecule has 108 valence electrons. The first kappa shape index (κ1) is 13.9. The second-order valence-corrected chi connectivity index (χ2v) is 5.14. The van der Waals surface area contributed by atoms with Crippen LogP contribution in [0.15, 0.2) is 36.4 Å². The number of carbonyl (C=O) groups excluding carboxylic acids is 1. The summed E-state index contributed by atoms with van der Waals surface area (Å²) in [6, 6.07) is 9.36. The third-order valence-electron chi connectivity index (χ3n) is 3.45. The Labute approximate surface area is 126 Å². The van der Waals surface area contributed by atoms with Crippen molar-refractivity contribution >= 4 is 17.4 Å². The van der Waals surface area contributed by atoms with Gasteiger partial charge in [-0.1, -0.05) is 17.7 Å². The first-order valence-electron chi connectivity index (χ1n) is 6.42. The van der Waals surface area contributed by atoms with Gasteiger partial charge in [-0.3, -0.25) is 4.79 Å². The molecule has 1 unspecified atom stereocenters. The molecule has 3 nitrogen and oxygen atoms in total. The summed E-state index contributed by atoms with van der Waals surface area (Å²) in [5, 5.41) is 0.249. The lowest BCUT2D eigenvalue weighted by atomic mass is 9.96. The van der Waals surface area contributed by atoms with Crippen molar-refractivity contribution in [2.24, 2.45) is 0 Å². The Morgan fingerprint density at radius 2 is 2.14 bits per heavy atom. The maximum Gasteiger partial charge on any atom is 0.170 e. The van der Waals surface area contributed by atoms with Crippen molar-refractivity contribution in [3.05, 3.63) is 58.4 Å². The van der Waals surface area contributed by atoms with Gasteiger partial charge in [0.15, 0.2) is 5.78 Å². The van der Waals surface area contributed by atoms with Crippen LogP contribution in [-0.4, -0.2) is 12.9 Å². The summed E-state index contributed by atoms with van der Waals surface area (Å²) < 4.78 is 24.9. The first-order valence-corrected chi connectivity index (χ1v) is 6.79. The molecule has 0 saturated heterocycles. The molecule has 0 aliphatic carbocycles. The molecular weight excluding hydrogens is 295 g/mol. The largest absolute Gasteiger partial charge is 0.497 e. The maximum atomic E-state index is 14.0. The van der Waals surface area contributed by atoms with E-state index in [0.717, 1.165) is 0 Å². The third-order valence-corrected chi connectivity index (χ3v) is 3.78. The van der Waals surface area contributed by atoms with Crippen LogP contribution >= 0.6 is 11.6 Å². The van der Waals surface area contributed by atoms with E-state index in [1.807, 2.05) is 0 Å². The Morgan fingerprint density at radius 1 is 1.33 bits per heavy atom. The van der Waals surface area contributed by atoms with Gasteiger partial charge in [0.1, 0.15) is 23.4 Å². The van der Waals surface area contributed by atoms with Gasteiger partial charge in [0.2, 0.25) is 0 Å². The highest BCUT2D eigenvalue weighted by Crippen LogP contribution is 2.39. The lowest BCUT2D eigenvalue weighted by molar-refractivity contribution is 0.0845. The van der Waals surface area contributed by atoms with Gasteiger partial charge < -0.3 is 9.47 Å². The minimum absolute atomic E-state index is 0.0555. The first-order chi connectivity index (χ1) is 10.1. The molecule has 1 aliphatic rings. The number of methoxy groups -OCH3 is 1. The average Bonchev–Trinajstić information content (AvgIpc) is 2.46. The zero-order valence-electron chi connectivity index (χ0n) is 11.2. The number of fused-ring (bicyclic) bond motifs is 1. The van der Waals surface area contributed by atoms with E-state index in [1.54, 1.807) is 24.3 Å². The quantitative estimate of drug-likeness (QED) is 0.834. The highest BCUT2D eigenvalue weighted by atomic mass is 35.5. The monoisotopic (exact) mass is 306 g/mol. The summed E-state index contributed by atoms with van der Waals surface area (Å²) in [5.74, 6) is 0.367. The molecule has 0 bridgehead atoms. The van der Waals surface area contributed by atoms with Gasteiger partial charge >= 0.3 is 0 Å². The number of Topliss-reactive ketones (excluding diaryl/α,β-unsaturated/α-hetero) is 1. The number of rotatable bonds is 2.